The van der Waals surface area contributed by atoms with E-state index in [4.69, 9.17) is 9.47 Å². The summed E-state index contributed by atoms with van der Waals surface area (Å²) >= 11 is 3.23. The molecule has 0 spiro atoms. The Labute approximate surface area is 117 Å². The molecule has 1 N–H and O–H groups in total. The third kappa shape index (κ3) is 2.53. The van der Waals surface area contributed by atoms with Crippen LogP contribution in [0.4, 0.5) is 5.69 Å². The van der Waals surface area contributed by atoms with Gasteiger partial charge in [-0.1, -0.05) is 0 Å². The van der Waals surface area contributed by atoms with Crippen molar-refractivity contribution in [1.82, 2.24) is 4.98 Å². The van der Waals surface area contributed by atoms with Crippen LogP contribution in [-0.2, 0) is 0 Å². The molecule has 2 aromatic rings. The maximum Gasteiger partial charge on any atom is 0.255 e. The van der Waals surface area contributed by atoms with Crippen LogP contribution in [0.25, 0.3) is 0 Å². The van der Waals surface area contributed by atoms with Crippen molar-refractivity contribution in [2.45, 2.75) is 0 Å². The molecule has 96 valence electrons. The first kappa shape index (κ1) is 12.0. The highest BCUT2D eigenvalue weighted by Crippen LogP contribution is 2.34. The Morgan fingerprint density at radius 2 is 2.05 bits per heavy atom. The molecule has 0 unspecified atom stereocenters. The summed E-state index contributed by atoms with van der Waals surface area (Å²) in [4.78, 5) is 16.0. The summed E-state index contributed by atoms with van der Waals surface area (Å²) in [6.07, 6.45) is 1.57. The standard InChI is InChI=1S/C13H9BrN2O3/c14-12-5-8(3-4-15-12)13(17)16-9-1-2-10-11(6-9)19-7-18-10/h1-6H,7H2,(H,16,17). The van der Waals surface area contributed by atoms with Gasteiger partial charge in [0.05, 0.1) is 0 Å². The molecule has 0 saturated carbocycles. The fourth-order valence-electron chi connectivity index (χ4n) is 1.72. The van der Waals surface area contributed by atoms with Gasteiger partial charge in [-0.2, -0.15) is 0 Å². The van der Waals surface area contributed by atoms with Crippen LogP contribution in [0.2, 0.25) is 0 Å². The van der Waals surface area contributed by atoms with E-state index in [1.54, 1.807) is 36.5 Å². The quantitative estimate of drug-likeness (QED) is 0.864. The molecule has 0 saturated heterocycles. The van der Waals surface area contributed by atoms with Gasteiger partial charge in [-0.15, -0.1) is 0 Å². The molecule has 6 heteroatoms. The van der Waals surface area contributed by atoms with E-state index < -0.39 is 0 Å². The zero-order valence-corrected chi connectivity index (χ0v) is 11.3. The van der Waals surface area contributed by atoms with Gasteiger partial charge in [0.1, 0.15) is 4.60 Å². The minimum atomic E-state index is -0.207. The third-order valence-electron chi connectivity index (χ3n) is 2.62. The number of pyridine rings is 1. The van der Waals surface area contributed by atoms with E-state index in [9.17, 15) is 4.79 Å². The number of nitrogens with zero attached hydrogens (tertiary/aromatic N) is 1. The van der Waals surface area contributed by atoms with Gasteiger partial charge in [0, 0.05) is 23.5 Å². The molecular weight excluding hydrogens is 312 g/mol. The molecule has 0 aliphatic carbocycles. The Bertz CT molecular complexity index is 646. The molecule has 1 amide bonds. The molecule has 0 radical (unpaired) electrons. The highest BCUT2D eigenvalue weighted by Gasteiger charge is 2.14. The number of nitrogens with one attached hydrogen (secondary N) is 1. The molecule has 0 atom stereocenters. The van der Waals surface area contributed by atoms with E-state index in [-0.39, 0.29) is 12.7 Å². The first-order valence-corrected chi connectivity index (χ1v) is 6.34. The number of benzene rings is 1. The number of rotatable bonds is 2. The first-order chi connectivity index (χ1) is 9.22. The van der Waals surface area contributed by atoms with Crippen molar-refractivity contribution in [3.63, 3.8) is 0 Å². The molecule has 1 aliphatic heterocycles. The van der Waals surface area contributed by atoms with Crippen molar-refractivity contribution in [3.8, 4) is 11.5 Å². The average Bonchev–Trinajstić information content (AvgIpc) is 2.86. The maximum absolute atomic E-state index is 12.0. The fourth-order valence-corrected chi connectivity index (χ4v) is 2.09. The molecule has 19 heavy (non-hydrogen) atoms. The number of carbonyl (C=O) groups is 1. The van der Waals surface area contributed by atoms with Gasteiger partial charge in [-0.05, 0) is 40.2 Å². The summed E-state index contributed by atoms with van der Waals surface area (Å²) < 4.78 is 11.1. The van der Waals surface area contributed by atoms with E-state index in [1.165, 1.54) is 0 Å². The molecular formula is C13H9BrN2O3. The minimum Gasteiger partial charge on any atom is -0.454 e. The van der Waals surface area contributed by atoms with Gasteiger partial charge < -0.3 is 14.8 Å². The molecule has 1 aliphatic rings. The summed E-state index contributed by atoms with van der Waals surface area (Å²) in [7, 11) is 0. The second-order valence-electron chi connectivity index (χ2n) is 3.89. The SMILES string of the molecule is O=C(Nc1ccc2c(c1)OCO2)c1ccnc(Br)c1. The van der Waals surface area contributed by atoms with Gasteiger partial charge in [0.15, 0.2) is 11.5 Å². The molecule has 2 heterocycles. The van der Waals surface area contributed by atoms with Crippen molar-refractivity contribution < 1.29 is 14.3 Å². The number of amides is 1. The average molecular weight is 321 g/mol. The smallest absolute Gasteiger partial charge is 0.255 e. The van der Waals surface area contributed by atoms with Crippen LogP contribution in [0.3, 0.4) is 0 Å². The normalized spacial score (nSPS) is 12.3. The Morgan fingerprint density at radius 3 is 2.89 bits per heavy atom. The van der Waals surface area contributed by atoms with Crippen LogP contribution in [0, 0.1) is 0 Å². The Balaban J connectivity index is 1.80. The number of halogens is 1. The number of ether oxygens (including phenoxy) is 2. The van der Waals surface area contributed by atoms with Crippen molar-refractivity contribution in [2.24, 2.45) is 0 Å². The second kappa shape index (κ2) is 4.89. The predicted octanol–water partition coefficient (Wildman–Crippen LogP) is 2.83. The van der Waals surface area contributed by atoms with Crippen LogP contribution in [-0.4, -0.2) is 17.7 Å². The summed E-state index contributed by atoms with van der Waals surface area (Å²) in [6.45, 7) is 0.212. The van der Waals surface area contributed by atoms with Crippen LogP contribution < -0.4 is 14.8 Å². The molecule has 1 aromatic carbocycles. The minimum absolute atomic E-state index is 0.207. The Hall–Kier alpha value is -2.08. The van der Waals surface area contributed by atoms with Crippen LogP contribution in [0.1, 0.15) is 10.4 Å². The number of hydrogen-bond donors (Lipinski definition) is 1. The van der Waals surface area contributed by atoms with Crippen molar-refractivity contribution in [1.29, 1.82) is 0 Å². The van der Waals surface area contributed by atoms with Crippen LogP contribution >= 0.6 is 15.9 Å². The zero-order valence-electron chi connectivity index (χ0n) is 9.72. The Kier molecular flexibility index (Phi) is 3.08. The zero-order chi connectivity index (χ0) is 13.2. The predicted molar refractivity (Wildman–Crippen MR) is 72.5 cm³/mol. The number of anilines is 1. The number of carbonyl (C=O) groups excluding carboxylic acids is 1. The number of hydrogen-bond acceptors (Lipinski definition) is 4. The summed E-state index contributed by atoms with van der Waals surface area (Å²) in [6, 6.07) is 8.56. The summed E-state index contributed by atoms with van der Waals surface area (Å²) in [5.41, 5.74) is 1.18. The van der Waals surface area contributed by atoms with Gasteiger partial charge in [0.25, 0.3) is 5.91 Å². The van der Waals surface area contributed by atoms with E-state index >= 15 is 0 Å². The van der Waals surface area contributed by atoms with E-state index in [2.05, 4.69) is 26.2 Å². The summed E-state index contributed by atoms with van der Waals surface area (Å²) in [5.74, 6) is 1.11. The van der Waals surface area contributed by atoms with E-state index in [1.807, 2.05) is 0 Å². The lowest BCUT2D eigenvalue weighted by molar-refractivity contribution is 0.102. The molecule has 0 fully saturated rings. The molecule has 0 bridgehead atoms. The molecule has 3 rings (SSSR count). The van der Waals surface area contributed by atoms with Gasteiger partial charge >= 0.3 is 0 Å². The first-order valence-electron chi connectivity index (χ1n) is 5.55. The van der Waals surface area contributed by atoms with Gasteiger partial charge in [-0.3, -0.25) is 4.79 Å². The molecule has 1 aromatic heterocycles. The van der Waals surface area contributed by atoms with Gasteiger partial charge in [-0.25, -0.2) is 4.98 Å². The summed E-state index contributed by atoms with van der Waals surface area (Å²) in [5, 5.41) is 2.79. The van der Waals surface area contributed by atoms with E-state index in [0.29, 0.717) is 27.4 Å². The highest BCUT2D eigenvalue weighted by molar-refractivity contribution is 9.10. The lowest BCUT2D eigenvalue weighted by Crippen LogP contribution is -2.11. The lowest BCUT2D eigenvalue weighted by Gasteiger charge is -2.06. The number of fused-ring (bicyclic) bond motifs is 1. The van der Waals surface area contributed by atoms with E-state index in [0.717, 1.165) is 0 Å². The van der Waals surface area contributed by atoms with Crippen molar-refractivity contribution in [3.05, 3.63) is 46.7 Å². The van der Waals surface area contributed by atoms with Crippen LogP contribution in [0.15, 0.2) is 41.1 Å². The van der Waals surface area contributed by atoms with Crippen molar-refractivity contribution in [2.75, 3.05) is 12.1 Å². The van der Waals surface area contributed by atoms with Crippen molar-refractivity contribution >= 4 is 27.5 Å². The second-order valence-corrected chi connectivity index (χ2v) is 4.70. The molecule has 5 nitrogen and oxygen atoms in total. The third-order valence-corrected chi connectivity index (χ3v) is 3.05. The fraction of sp³-hybridized carbons (Fsp3) is 0.0769. The maximum atomic E-state index is 12.0. The lowest BCUT2D eigenvalue weighted by atomic mass is 10.2. The van der Waals surface area contributed by atoms with Gasteiger partial charge in [0.2, 0.25) is 6.79 Å². The largest absolute Gasteiger partial charge is 0.454 e. The number of aromatic nitrogens is 1. The highest BCUT2D eigenvalue weighted by atomic mass is 79.9. The Morgan fingerprint density at radius 1 is 1.21 bits per heavy atom. The monoisotopic (exact) mass is 320 g/mol. The van der Waals surface area contributed by atoms with Crippen LogP contribution in [0.5, 0.6) is 11.5 Å². The topological polar surface area (TPSA) is 60.5 Å².